The normalized spacial score (nSPS) is 12.7. The second kappa shape index (κ2) is 5.67. The van der Waals surface area contributed by atoms with Crippen molar-refractivity contribution in [3.8, 4) is 5.69 Å². The first-order valence-electron chi connectivity index (χ1n) is 6.15. The fourth-order valence-electron chi connectivity index (χ4n) is 1.91. The van der Waals surface area contributed by atoms with Crippen molar-refractivity contribution in [2.24, 2.45) is 5.73 Å². The van der Waals surface area contributed by atoms with Crippen molar-refractivity contribution >= 4 is 15.9 Å². The number of halogens is 1. The van der Waals surface area contributed by atoms with E-state index in [1.807, 2.05) is 30.1 Å². The van der Waals surface area contributed by atoms with Crippen molar-refractivity contribution in [1.29, 1.82) is 0 Å². The number of nitrogens with two attached hydrogens (primary N) is 1. The van der Waals surface area contributed by atoms with E-state index in [1.54, 1.807) is 0 Å². The molecule has 1 aromatic heterocycles. The number of benzene rings is 1. The van der Waals surface area contributed by atoms with E-state index in [1.165, 1.54) is 5.56 Å². The minimum atomic E-state index is 0.190. The van der Waals surface area contributed by atoms with E-state index in [9.17, 15) is 0 Å². The summed E-state index contributed by atoms with van der Waals surface area (Å²) in [5.74, 6) is 0. The molecular formula is C14H18BrN3. The quantitative estimate of drug-likeness (QED) is 0.942. The van der Waals surface area contributed by atoms with Crippen LogP contribution in [0.3, 0.4) is 0 Å². The molecule has 0 saturated carbocycles. The van der Waals surface area contributed by atoms with Crippen LogP contribution in [0.2, 0.25) is 0 Å². The minimum absolute atomic E-state index is 0.190. The lowest BCUT2D eigenvalue weighted by Crippen LogP contribution is -2.22. The van der Waals surface area contributed by atoms with Gasteiger partial charge in [-0.05, 0) is 49.1 Å². The zero-order chi connectivity index (χ0) is 13.1. The van der Waals surface area contributed by atoms with E-state index < -0.39 is 0 Å². The van der Waals surface area contributed by atoms with Gasteiger partial charge in [0.05, 0.1) is 11.9 Å². The van der Waals surface area contributed by atoms with Crippen LogP contribution < -0.4 is 5.73 Å². The Morgan fingerprint density at radius 1 is 1.44 bits per heavy atom. The third-order valence-electron chi connectivity index (χ3n) is 3.01. The van der Waals surface area contributed by atoms with Gasteiger partial charge in [-0.3, -0.25) is 0 Å². The Bertz CT molecular complexity index is 534. The van der Waals surface area contributed by atoms with Gasteiger partial charge >= 0.3 is 0 Å². The van der Waals surface area contributed by atoms with Gasteiger partial charge in [-0.25, -0.2) is 4.68 Å². The van der Waals surface area contributed by atoms with Gasteiger partial charge < -0.3 is 5.73 Å². The molecular weight excluding hydrogens is 290 g/mol. The lowest BCUT2D eigenvalue weighted by molar-refractivity contribution is 0.642. The van der Waals surface area contributed by atoms with Crippen molar-refractivity contribution in [3.05, 3.63) is 46.2 Å². The average Bonchev–Trinajstić information content (AvgIpc) is 2.75. The van der Waals surface area contributed by atoms with Gasteiger partial charge in [0.1, 0.15) is 0 Å². The van der Waals surface area contributed by atoms with Gasteiger partial charge in [-0.15, -0.1) is 0 Å². The zero-order valence-electron chi connectivity index (χ0n) is 10.7. The average molecular weight is 308 g/mol. The van der Waals surface area contributed by atoms with Crippen LogP contribution in [-0.4, -0.2) is 15.8 Å². The van der Waals surface area contributed by atoms with Crippen molar-refractivity contribution in [2.75, 3.05) is 0 Å². The molecule has 0 aliphatic heterocycles. The minimum Gasteiger partial charge on any atom is -0.327 e. The standard InChI is InChI=1S/C14H18BrN3/c1-3-13(16)7-11-6-12(15)4-5-14(11)18-9-10(2)8-17-18/h4-6,8-9,13H,3,7,16H2,1-2H3. The van der Waals surface area contributed by atoms with Crippen LogP contribution in [0.1, 0.15) is 24.5 Å². The predicted molar refractivity (Wildman–Crippen MR) is 78.0 cm³/mol. The summed E-state index contributed by atoms with van der Waals surface area (Å²) in [5.41, 5.74) is 9.55. The van der Waals surface area contributed by atoms with Gasteiger partial charge in [-0.1, -0.05) is 22.9 Å². The molecule has 0 spiro atoms. The first-order valence-corrected chi connectivity index (χ1v) is 6.95. The molecule has 1 aromatic carbocycles. The Hall–Kier alpha value is -1.13. The van der Waals surface area contributed by atoms with E-state index in [4.69, 9.17) is 5.73 Å². The summed E-state index contributed by atoms with van der Waals surface area (Å²) in [7, 11) is 0. The van der Waals surface area contributed by atoms with Crippen LogP contribution in [0.5, 0.6) is 0 Å². The molecule has 4 heteroatoms. The number of rotatable bonds is 4. The summed E-state index contributed by atoms with van der Waals surface area (Å²) in [6.07, 6.45) is 5.74. The van der Waals surface area contributed by atoms with Gasteiger partial charge in [0.15, 0.2) is 0 Å². The Labute approximate surface area is 116 Å². The maximum atomic E-state index is 6.06. The van der Waals surface area contributed by atoms with Crippen LogP contribution in [0.4, 0.5) is 0 Å². The summed E-state index contributed by atoms with van der Waals surface area (Å²) < 4.78 is 2.99. The van der Waals surface area contributed by atoms with Gasteiger partial charge in [-0.2, -0.15) is 5.10 Å². The predicted octanol–water partition coefficient (Wildman–Crippen LogP) is 3.22. The Kier molecular flexibility index (Phi) is 4.19. The summed E-state index contributed by atoms with van der Waals surface area (Å²) in [5, 5.41) is 4.37. The molecule has 2 rings (SSSR count). The summed E-state index contributed by atoms with van der Waals surface area (Å²) in [6.45, 7) is 4.15. The Balaban J connectivity index is 2.40. The number of aromatic nitrogens is 2. The fraction of sp³-hybridized carbons (Fsp3) is 0.357. The topological polar surface area (TPSA) is 43.8 Å². The van der Waals surface area contributed by atoms with Crippen LogP contribution in [0.15, 0.2) is 35.1 Å². The molecule has 3 nitrogen and oxygen atoms in total. The number of aryl methyl sites for hydroxylation is 1. The molecule has 0 saturated heterocycles. The Morgan fingerprint density at radius 2 is 2.22 bits per heavy atom. The highest BCUT2D eigenvalue weighted by molar-refractivity contribution is 9.10. The van der Waals surface area contributed by atoms with Crippen molar-refractivity contribution in [2.45, 2.75) is 32.7 Å². The SMILES string of the molecule is CCC(N)Cc1cc(Br)ccc1-n1cc(C)cn1. The maximum Gasteiger partial charge on any atom is 0.0678 e. The highest BCUT2D eigenvalue weighted by atomic mass is 79.9. The molecule has 0 radical (unpaired) electrons. The first-order chi connectivity index (χ1) is 8.60. The summed E-state index contributed by atoms with van der Waals surface area (Å²) in [6, 6.07) is 6.43. The molecule has 1 atom stereocenters. The fourth-order valence-corrected chi connectivity index (χ4v) is 2.32. The zero-order valence-corrected chi connectivity index (χ0v) is 12.3. The Morgan fingerprint density at radius 3 is 2.83 bits per heavy atom. The van der Waals surface area contributed by atoms with Crippen molar-refractivity contribution in [3.63, 3.8) is 0 Å². The second-order valence-electron chi connectivity index (χ2n) is 4.61. The molecule has 0 bridgehead atoms. The van der Waals surface area contributed by atoms with E-state index in [0.717, 1.165) is 28.6 Å². The second-order valence-corrected chi connectivity index (χ2v) is 5.52. The van der Waals surface area contributed by atoms with Gasteiger partial charge in [0, 0.05) is 16.7 Å². The molecule has 18 heavy (non-hydrogen) atoms. The highest BCUT2D eigenvalue weighted by Gasteiger charge is 2.09. The van der Waals surface area contributed by atoms with Gasteiger partial charge in [0.2, 0.25) is 0 Å². The molecule has 0 fully saturated rings. The molecule has 2 aromatic rings. The smallest absolute Gasteiger partial charge is 0.0678 e. The van der Waals surface area contributed by atoms with Crippen LogP contribution in [0.25, 0.3) is 5.69 Å². The molecule has 0 amide bonds. The maximum absolute atomic E-state index is 6.06. The van der Waals surface area contributed by atoms with E-state index >= 15 is 0 Å². The van der Waals surface area contributed by atoms with Crippen molar-refractivity contribution < 1.29 is 0 Å². The molecule has 96 valence electrons. The first kappa shape index (κ1) is 13.3. The summed E-state index contributed by atoms with van der Waals surface area (Å²) >= 11 is 3.52. The van der Waals surface area contributed by atoms with Gasteiger partial charge in [0.25, 0.3) is 0 Å². The number of hydrogen-bond donors (Lipinski definition) is 1. The van der Waals surface area contributed by atoms with Crippen LogP contribution >= 0.6 is 15.9 Å². The largest absolute Gasteiger partial charge is 0.327 e. The third-order valence-corrected chi connectivity index (χ3v) is 3.50. The molecule has 1 unspecified atom stereocenters. The van der Waals surface area contributed by atoms with E-state index in [-0.39, 0.29) is 6.04 Å². The lowest BCUT2D eigenvalue weighted by Gasteiger charge is -2.14. The number of hydrogen-bond acceptors (Lipinski definition) is 2. The van der Waals surface area contributed by atoms with E-state index in [2.05, 4.69) is 40.1 Å². The molecule has 0 aliphatic rings. The molecule has 0 aliphatic carbocycles. The summed E-state index contributed by atoms with van der Waals surface area (Å²) in [4.78, 5) is 0. The monoisotopic (exact) mass is 307 g/mol. The van der Waals surface area contributed by atoms with Crippen LogP contribution in [0, 0.1) is 6.92 Å². The number of nitrogens with zero attached hydrogens (tertiary/aromatic N) is 2. The van der Waals surface area contributed by atoms with Crippen molar-refractivity contribution in [1.82, 2.24) is 9.78 Å². The molecule has 2 N–H and O–H groups in total. The van der Waals surface area contributed by atoms with E-state index in [0.29, 0.717) is 0 Å². The highest BCUT2D eigenvalue weighted by Crippen LogP contribution is 2.21. The van der Waals surface area contributed by atoms with Crippen LogP contribution in [-0.2, 0) is 6.42 Å². The third kappa shape index (κ3) is 3.00. The molecule has 1 heterocycles. The lowest BCUT2D eigenvalue weighted by atomic mass is 10.0.